The average Bonchev–Trinajstić information content (AvgIpc) is 2.43. The Balaban J connectivity index is 3.35. The molecule has 0 aliphatic rings. The molecule has 1 rings (SSSR count). The van der Waals surface area contributed by atoms with Gasteiger partial charge in [-0.25, -0.2) is 9.59 Å². The summed E-state index contributed by atoms with van der Waals surface area (Å²) in [6, 6.07) is 4.90. The Morgan fingerprint density at radius 1 is 1.14 bits per heavy atom. The quantitative estimate of drug-likeness (QED) is 0.616. The fourth-order valence-corrected chi connectivity index (χ4v) is 1.70. The van der Waals surface area contributed by atoms with E-state index in [0.29, 0.717) is 17.1 Å². The number of rotatable bonds is 6. The van der Waals surface area contributed by atoms with Crippen molar-refractivity contribution in [3.05, 3.63) is 41.0 Å². The molecule has 0 aliphatic carbocycles. The zero-order chi connectivity index (χ0) is 16.0. The number of carbonyl (C=O) groups is 2. The second kappa shape index (κ2) is 7.14. The van der Waals surface area contributed by atoms with Gasteiger partial charge in [0.15, 0.2) is 0 Å². The maximum absolute atomic E-state index is 11.3. The molecule has 0 bridgehead atoms. The highest BCUT2D eigenvalue weighted by Gasteiger charge is 2.13. The van der Waals surface area contributed by atoms with Crippen LogP contribution in [0.3, 0.4) is 0 Å². The number of methoxy groups -OCH3 is 2. The number of benzene rings is 1. The molecule has 0 heterocycles. The molecule has 1 aromatic rings. The predicted molar refractivity (Wildman–Crippen MR) is 76.6 cm³/mol. The molecule has 0 spiro atoms. The van der Waals surface area contributed by atoms with Gasteiger partial charge in [-0.05, 0) is 30.7 Å². The molecule has 0 unspecified atom stereocenters. The van der Waals surface area contributed by atoms with E-state index in [-0.39, 0.29) is 11.1 Å². The predicted octanol–water partition coefficient (Wildman–Crippen LogP) is 2.20. The van der Waals surface area contributed by atoms with Gasteiger partial charge >= 0.3 is 11.9 Å². The van der Waals surface area contributed by atoms with Gasteiger partial charge in [-0.2, -0.15) is 0 Å². The third-order valence-corrected chi connectivity index (χ3v) is 2.74. The van der Waals surface area contributed by atoms with Gasteiger partial charge in [-0.3, -0.25) is 0 Å². The maximum Gasteiger partial charge on any atom is 0.335 e. The SMILES string of the molecule is COc1ccc(/C=C(C(=O)O)\C(C)=C\C(=O)O)c(OC)c1. The van der Waals surface area contributed by atoms with Crippen LogP contribution in [0.1, 0.15) is 12.5 Å². The number of hydrogen-bond donors (Lipinski definition) is 2. The number of ether oxygens (including phenoxy) is 2. The zero-order valence-electron chi connectivity index (χ0n) is 11.9. The Morgan fingerprint density at radius 2 is 1.81 bits per heavy atom. The molecule has 112 valence electrons. The molecular formula is C15H16O6. The summed E-state index contributed by atoms with van der Waals surface area (Å²) < 4.78 is 10.2. The lowest BCUT2D eigenvalue weighted by Gasteiger charge is -2.09. The average molecular weight is 292 g/mol. The Morgan fingerprint density at radius 3 is 2.29 bits per heavy atom. The molecule has 0 aromatic heterocycles. The first-order valence-corrected chi connectivity index (χ1v) is 5.97. The lowest BCUT2D eigenvalue weighted by Crippen LogP contribution is -2.04. The van der Waals surface area contributed by atoms with Crippen LogP contribution in [0.2, 0.25) is 0 Å². The Hall–Kier alpha value is -2.76. The van der Waals surface area contributed by atoms with Crippen LogP contribution in [0.15, 0.2) is 35.4 Å². The molecule has 0 saturated carbocycles. The normalized spacial score (nSPS) is 12.0. The van der Waals surface area contributed by atoms with Gasteiger partial charge in [-0.15, -0.1) is 0 Å². The van der Waals surface area contributed by atoms with E-state index >= 15 is 0 Å². The van der Waals surface area contributed by atoms with Gasteiger partial charge in [0.2, 0.25) is 0 Å². The second-order valence-corrected chi connectivity index (χ2v) is 4.14. The molecule has 21 heavy (non-hydrogen) atoms. The summed E-state index contributed by atoms with van der Waals surface area (Å²) in [5, 5.41) is 17.9. The first-order valence-electron chi connectivity index (χ1n) is 5.97. The summed E-state index contributed by atoms with van der Waals surface area (Å²) in [6.07, 6.45) is 2.20. The van der Waals surface area contributed by atoms with Crippen molar-refractivity contribution in [1.29, 1.82) is 0 Å². The highest BCUT2D eigenvalue weighted by atomic mass is 16.5. The minimum Gasteiger partial charge on any atom is -0.497 e. The van der Waals surface area contributed by atoms with Crippen LogP contribution in [0.25, 0.3) is 6.08 Å². The summed E-state index contributed by atoms with van der Waals surface area (Å²) in [5.41, 5.74) is 0.516. The van der Waals surface area contributed by atoms with Gasteiger partial charge in [0, 0.05) is 17.7 Å². The van der Waals surface area contributed by atoms with Gasteiger partial charge in [-0.1, -0.05) is 0 Å². The third-order valence-electron chi connectivity index (χ3n) is 2.74. The van der Waals surface area contributed by atoms with Crippen molar-refractivity contribution >= 4 is 18.0 Å². The van der Waals surface area contributed by atoms with E-state index in [4.69, 9.17) is 14.6 Å². The minimum absolute atomic E-state index is 0.124. The van der Waals surface area contributed by atoms with Gasteiger partial charge in [0.1, 0.15) is 11.5 Å². The van der Waals surface area contributed by atoms with E-state index in [0.717, 1.165) is 6.08 Å². The molecule has 0 fully saturated rings. The maximum atomic E-state index is 11.3. The lowest BCUT2D eigenvalue weighted by atomic mass is 10.0. The van der Waals surface area contributed by atoms with Crippen molar-refractivity contribution < 1.29 is 29.3 Å². The van der Waals surface area contributed by atoms with E-state index in [1.54, 1.807) is 18.2 Å². The molecular weight excluding hydrogens is 276 g/mol. The van der Waals surface area contributed by atoms with Crippen LogP contribution in [0.4, 0.5) is 0 Å². The fraction of sp³-hybridized carbons (Fsp3) is 0.200. The number of aliphatic carboxylic acids is 2. The minimum atomic E-state index is -1.22. The largest absolute Gasteiger partial charge is 0.497 e. The van der Waals surface area contributed by atoms with E-state index in [1.165, 1.54) is 27.2 Å². The number of carboxylic acids is 2. The van der Waals surface area contributed by atoms with Crippen LogP contribution in [-0.2, 0) is 9.59 Å². The number of carboxylic acid groups (broad SMARTS) is 2. The molecule has 0 atom stereocenters. The van der Waals surface area contributed by atoms with E-state index in [1.807, 2.05) is 0 Å². The molecule has 6 nitrogen and oxygen atoms in total. The zero-order valence-corrected chi connectivity index (χ0v) is 11.9. The Kier molecular flexibility index (Phi) is 5.54. The summed E-state index contributed by atoms with van der Waals surface area (Å²) in [6.45, 7) is 1.42. The standard InChI is InChI=1S/C15H16O6/c1-9(6-14(16)17)12(15(18)19)7-10-4-5-11(20-2)8-13(10)21-3/h4-8H,1-3H3,(H,16,17)(H,18,19)/b9-6+,12-7+. The topological polar surface area (TPSA) is 93.1 Å². The molecule has 0 aliphatic heterocycles. The van der Waals surface area contributed by atoms with Crippen molar-refractivity contribution in [2.75, 3.05) is 14.2 Å². The van der Waals surface area contributed by atoms with E-state index in [9.17, 15) is 14.7 Å². The highest BCUT2D eigenvalue weighted by Crippen LogP contribution is 2.27. The van der Waals surface area contributed by atoms with E-state index < -0.39 is 11.9 Å². The van der Waals surface area contributed by atoms with E-state index in [2.05, 4.69) is 0 Å². The van der Waals surface area contributed by atoms with Crippen molar-refractivity contribution in [1.82, 2.24) is 0 Å². The van der Waals surface area contributed by atoms with Crippen molar-refractivity contribution in [2.24, 2.45) is 0 Å². The first-order chi connectivity index (χ1) is 9.88. The van der Waals surface area contributed by atoms with Crippen molar-refractivity contribution in [3.63, 3.8) is 0 Å². The first kappa shape index (κ1) is 16.3. The lowest BCUT2D eigenvalue weighted by molar-refractivity contribution is -0.132. The van der Waals surface area contributed by atoms with Crippen molar-refractivity contribution in [2.45, 2.75) is 6.92 Å². The molecule has 0 saturated heterocycles. The van der Waals surface area contributed by atoms with Crippen molar-refractivity contribution in [3.8, 4) is 11.5 Å². The Labute approximate surface area is 121 Å². The monoisotopic (exact) mass is 292 g/mol. The highest BCUT2D eigenvalue weighted by molar-refractivity contribution is 5.99. The van der Waals surface area contributed by atoms with Crippen LogP contribution < -0.4 is 9.47 Å². The summed E-state index contributed by atoms with van der Waals surface area (Å²) in [7, 11) is 2.96. The van der Waals surface area contributed by atoms with Gasteiger partial charge in [0.25, 0.3) is 0 Å². The molecule has 2 N–H and O–H groups in total. The van der Waals surface area contributed by atoms with Gasteiger partial charge < -0.3 is 19.7 Å². The molecule has 0 amide bonds. The number of hydrogen-bond acceptors (Lipinski definition) is 4. The summed E-state index contributed by atoms with van der Waals surface area (Å²) in [4.78, 5) is 21.9. The Bertz CT molecular complexity index is 613. The molecule has 0 radical (unpaired) electrons. The second-order valence-electron chi connectivity index (χ2n) is 4.14. The fourth-order valence-electron chi connectivity index (χ4n) is 1.70. The van der Waals surface area contributed by atoms with Crippen LogP contribution in [-0.4, -0.2) is 36.4 Å². The van der Waals surface area contributed by atoms with Crippen LogP contribution in [0.5, 0.6) is 11.5 Å². The van der Waals surface area contributed by atoms with Crippen LogP contribution >= 0.6 is 0 Å². The summed E-state index contributed by atoms with van der Waals surface area (Å²) >= 11 is 0. The molecule has 6 heteroatoms. The summed E-state index contributed by atoms with van der Waals surface area (Å²) in [5.74, 6) is -1.43. The van der Waals surface area contributed by atoms with Gasteiger partial charge in [0.05, 0.1) is 19.8 Å². The van der Waals surface area contributed by atoms with Crippen LogP contribution in [0, 0.1) is 0 Å². The smallest absolute Gasteiger partial charge is 0.335 e. The third kappa shape index (κ3) is 4.38. The molecule has 1 aromatic carbocycles.